The molecule has 3 aromatic rings. The number of nitrogens with one attached hydrogen (secondary N) is 1. The summed E-state index contributed by atoms with van der Waals surface area (Å²) < 4.78 is 28.1. The maximum atomic E-state index is 9.87. The van der Waals surface area contributed by atoms with E-state index in [4.69, 9.17) is 40.3 Å². The van der Waals surface area contributed by atoms with Crippen LogP contribution in [0.4, 0.5) is 0 Å². The average Bonchev–Trinajstić information content (AvgIpc) is 3.47. The second kappa shape index (κ2) is 6.50. The van der Waals surface area contributed by atoms with Gasteiger partial charge in [0.2, 0.25) is 6.79 Å². The van der Waals surface area contributed by atoms with E-state index in [0.717, 1.165) is 16.6 Å². The van der Waals surface area contributed by atoms with Crippen LogP contribution in [0.1, 0.15) is 0 Å². The number of ether oxygens (including phenoxy) is 5. The zero-order valence-corrected chi connectivity index (χ0v) is 15.9. The predicted molar refractivity (Wildman–Crippen MR) is 103 cm³/mol. The van der Waals surface area contributed by atoms with Crippen LogP contribution in [0.15, 0.2) is 30.3 Å². The Labute approximate surface area is 170 Å². The average molecular weight is 417 g/mol. The first kappa shape index (κ1) is 17.3. The van der Waals surface area contributed by atoms with Crippen LogP contribution in [-0.2, 0) is 9.47 Å². The van der Waals surface area contributed by atoms with Crippen molar-refractivity contribution in [1.82, 2.24) is 9.97 Å². The van der Waals surface area contributed by atoms with Crippen LogP contribution in [0.2, 0.25) is 5.02 Å². The van der Waals surface area contributed by atoms with E-state index in [1.807, 2.05) is 30.3 Å². The van der Waals surface area contributed by atoms with Crippen molar-refractivity contribution in [2.45, 2.75) is 24.4 Å². The molecule has 4 atom stereocenters. The number of fused-ring (bicyclic) bond motifs is 3. The molecular formula is C20H17ClN2O6. The van der Waals surface area contributed by atoms with Crippen LogP contribution in [-0.4, -0.2) is 59.5 Å². The summed E-state index contributed by atoms with van der Waals surface area (Å²) in [6.45, 7) is 0.835. The molecule has 0 spiro atoms. The summed E-state index contributed by atoms with van der Waals surface area (Å²) in [5.74, 6) is 1.93. The van der Waals surface area contributed by atoms with Crippen molar-refractivity contribution in [3.8, 4) is 28.6 Å². The maximum absolute atomic E-state index is 9.87. The van der Waals surface area contributed by atoms with Crippen molar-refractivity contribution >= 4 is 22.6 Å². The van der Waals surface area contributed by atoms with Crippen LogP contribution in [0, 0.1) is 0 Å². The Morgan fingerprint density at radius 3 is 2.86 bits per heavy atom. The fraction of sp³-hybridized carbons (Fsp3) is 0.350. The summed E-state index contributed by atoms with van der Waals surface area (Å²) in [7, 11) is 0. The highest BCUT2D eigenvalue weighted by atomic mass is 35.5. The lowest BCUT2D eigenvalue weighted by Gasteiger charge is -2.16. The lowest BCUT2D eigenvalue weighted by Crippen LogP contribution is -2.34. The minimum absolute atomic E-state index is 0.213. The van der Waals surface area contributed by atoms with E-state index in [1.54, 1.807) is 0 Å². The zero-order chi connectivity index (χ0) is 19.5. The minimum Gasteiger partial charge on any atom is -0.470 e. The van der Waals surface area contributed by atoms with Gasteiger partial charge in [-0.25, -0.2) is 4.98 Å². The molecule has 6 rings (SSSR count). The van der Waals surface area contributed by atoms with Crippen LogP contribution < -0.4 is 14.2 Å². The molecule has 0 unspecified atom stereocenters. The Morgan fingerprint density at radius 1 is 1.07 bits per heavy atom. The topological polar surface area (TPSA) is 95.1 Å². The van der Waals surface area contributed by atoms with E-state index in [2.05, 4.69) is 4.98 Å². The fourth-order valence-electron chi connectivity index (χ4n) is 4.02. The number of benzene rings is 1. The van der Waals surface area contributed by atoms with Gasteiger partial charge in [-0.2, -0.15) is 0 Å². The number of hydrogen-bond acceptors (Lipinski definition) is 7. The quantitative estimate of drug-likeness (QED) is 0.677. The van der Waals surface area contributed by atoms with Gasteiger partial charge in [-0.05, 0) is 24.3 Å². The number of nitrogens with zero attached hydrogens (tertiary/aromatic N) is 1. The Balaban J connectivity index is 1.30. The summed E-state index contributed by atoms with van der Waals surface area (Å²) in [6, 6.07) is 9.25. The number of aliphatic hydroxyl groups is 1. The molecule has 2 aromatic heterocycles. The van der Waals surface area contributed by atoms with E-state index < -0.39 is 6.10 Å². The molecular weight excluding hydrogens is 400 g/mol. The van der Waals surface area contributed by atoms with Gasteiger partial charge < -0.3 is 33.8 Å². The Kier molecular flexibility index (Phi) is 3.89. The molecule has 8 nitrogen and oxygen atoms in total. The van der Waals surface area contributed by atoms with Crippen molar-refractivity contribution < 1.29 is 28.8 Å². The molecule has 150 valence electrons. The first-order valence-corrected chi connectivity index (χ1v) is 9.71. The molecule has 0 saturated carbocycles. The van der Waals surface area contributed by atoms with E-state index in [1.165, 1.54) is 0 Å². The molecule has 0 bridgehead atoms. The summed E-state index contributed by atoms with van der Waals surface area (Å²) in [6.07, 6.45) is -1.53. The SMILES string of the molecule is O[C@@H]1CO[C@H]2[C@@H]1OC[C@H]2Oc1cc2nc(-c3ccc4c(c3)OCO4)c(Cl)cc2[nH]1. The third-order valence-electron chi connectivity index (χ3n) is 5.44. The molecule has 3 aliphatic heterocycles. The Bertz CT molecular complexity index is 1100. The lowest BCUT2D eigenvalue weighted by atomic mass is 10.1. The van der Waals surface area contributed by atoms with Crippen molar-refractivity contribution in [3.63, 3.8) is 0 Å². The summed E-state index contributed by atoms with van der Waals surface area (Å²) >= 11 is 6.49. The van der Waals surface area contributed by atoms with Gasteiger partial charge in [0.25, 0.3) is 0 Å². The van der Waals surface area contributed by atoms with Crippen molar-refractivity contribution in [2.75, 3.05) is 20.0 Å². The Morgan fingerprint density at radius 2 is 1.93 bits per heavy atom. The number of rotatable bonds is 3. The number of aromatic nitrogens is 2. The highest BCUT2D eigenvalue weighted by Gasteiger charge is 2.48. The standard InChI is InChI=1S/C20H17ClN2O6/c21-10-4-11-12(23-18(10)9-1-2-14-15(3-9)28-8-27-14)5-17(22-11)29-16-7-26-19-13(24)6-25-20(16)19/h1-5,13,16,19-20,22,24H,6-8H2/t13-,16-,19-,20-/m1/s1. The summed E-state index contributed by atoms with van der Waals surface area (Å²) in [5, 5.41) is 10.4. The van der Waals surface area contributed by atoms with Gasteiger partial charge in [-0.15, -0.1) is 0 Å². The van der Waals surface area contributed by atoms with E-state index in [9.17, 15) is 5.11 Å². The largest absolute Gasteiger partial charge is 0.470 e. The lowest BCUT2D eigenvalue weighted by molar-refractivity contribution is 0.00794. The Hall–Kier alpha value is -2.52. The molecule has 0 aliphatic carbocycles. The first-order valence-electron chi connectivity index (χ1n) is 9.33. The number of aliphatic hydroxyl groups excluding tert-OH is 1. The van der Waals surface area contributed by atoms with Crippen molar-refractivity contribution in [3.05, 3.63) is 35.4 Å². The molecule has 0 radical (unpaired) electrons. The predicted octanol–water partition coefficient (Wildman–Crippen LogP) is 2.52. The highest BCUT2D eigenvalue weighted by molar-refractivity contribution is 6.33. The molecule has 2 fully saturated rings. The van der Waals surface area contributed by atoms with Crippen molar-refractivity contribution in [1.29, 1.82) is 0 Å². The smallest absolute Gasteiger partial charge is 0.231 e. The van der Waals surface area contributed by atoms with Crippen LogP contribution in [0.3, 0.4) is 0 Å². The van der Waals surface area contributed by atoms with Gasteiger partial charge >= 0.3 is 0 Å². The molecule has 1 aromatic carbocycles. The summed E-state index contributed by atoms with van der Waals surface area (Å²) in [5.41, 5.74) is 2.97. The molecule has 0 amide bonds. The minimum atomic E-state index is -0.610. The molecule has 9 heteroatoms. The third-order valence-corrected chi connectivity index (χ3v) is 5.73. The van der Waals surface area contributed by atoms with Gasteiger partial charge in [0.1, 0.15) is 18.3 Å². The second-order valence-electron chi connectivity index (χ2n) is 7.27. The van der Waals surface area contributed by atoms with E-state index >= 15 is 0 Å². The highest BCUT2D eigenvalue weighted by Crippen LogP contribution is 2.38. The van der Waals surface area contributed by atoms with Crippen LogP contribution in [0.5, 0.6) is 17.4 Å². The van der Waals surface area contributed by atoms with Gasteiger partial charge in [0.15, 0.2) is 23.5 Å². The zero-order valence-electron chi connectivity index (χ0n) is 15.1. The number of pyridine rings is 1. The van der Waals surface area contributed by atoms with Crippen molar-refractivity contribution in [2.24, 2.45) is 0 Å². The number of aromatic amines is 1. The molecule has 29 heavy (non-hydrogen) atoms. The third kappa shape index (κ3) is 2.83. The molecule has 2 N–H and O–H groups in total. The first-order chi connectivity index (χ1) is 14.2. The van der Waals surface area contributed by atoms with Gasteiger partial charge in [0, 0.05) is 11.6 Å². The number of hydrogen-bond donors (Lipinski definition) is 2. The monoisotopic (exact) mass is 416 g/mol. The molecule has 2 saturated heterocycles. The number of H-pyrrole nitrogens is 1. The van der Waals surface area contributed by atoms with Gasteiger partial charge in [-0.1, -0.05) is 11.6 Å². The van der Waals surface area contributed by atoms with Crippen LogP contribution >= 0.6 is 11.6 Å². The van der Waals surface area contributed by atoms with Gasteiger partial charge in [0.05, 0.1) is 35.0 Å². The van der Waals surface area contributed by atoms with Gasteiger partial charge in [-0.3, -0.25) is 0 Å². The van der Waals surface area contributed by atoms with E-state index in [0.29, 0.717) is 34.7 Å². The second-order valence-corrected chi connectivity index (χ2v) is 7.68. The number of halogens is 1. The normalized spacial score (nSPS) is 27.5. The summed E-state index contributed by atoms with van der Waals surface area (Å²) in [4.78, 5) is 7.89. The fourth-order valence-corrected chi connectivity index (χ4v) is 4.28. The van der Waals surface area contributed by atoms with E-state index in [-0.39, 0.29) is 31.7 Å². The molecule has 5 heterocycles. The van der Waals surface area contributed by atoms with Crippen LogP contribution in [0.25, 0.3) is 22.3 Å². The maximum Gasteiger partial charge on any atom is 0.231 e. The molecule has 3 aliphatic rings.